The number of β-amino-alcohol motifs (C(OH)–C–C–N with tert-alkyl or cyclic N) is 1. The second-order valence-electron chi connectivity index (χ2n) is 6.07. The Kier molecular flexibility index (Phi) is 4.59. The average molecular weight is 332 g/mol. The minimum Gasteiger partial charge on any atom is -0.392 e. The molecule has 2 aromatic carbocycles. The number of likely N-dealkylation sites (tertiary alicyclic amines) is 1. The van der Waals surface area contributed by atoms with Gasteiger partial charge in [-0.1, -0.05) is 18.2 Å². The summed E-state index contributed by atoms with van der Waals surface area (Å²) in [5, 5.41) is 9.98. The first kappa shape index (κ1) is 16.5. The van der Waals surface area contributed by atoms with Gasteiger partial charge in [0.25, 0.3) is 0 Å². The molecule has 1 saturated heterocycles. The van der Waals surface area contributed by atoms with Crippen LogP contribution >= 0.6 is 0 Å². The minimum absolute atomic E-state index is 0.189. The van der Waals surface area contributed by atoms with Crippen LogP contribution in [0, 0.1) is 11.6 Å². The van der Waals surface area contributed by atoms with Gasteiger partial charge >= 0.3 is 0 Å². The Hall–Kier alpha value is -2.31. The molecule has 0 radical (unpaired) electrons. The Morgan fingerprint density at radius 3 is 2.50 bits per heavy atom. The Labute approximate surface area is 138 Å². The molecule has 126 valence electrons. The molecular formula is C18H18F2N2O2. The van der Waals surface area contributed by atoms with Gasteiger partial charge in [0, 0.05) is 24.7 Å². The molecule has 24 heavy (non-hydrogen) atoms. The van der Waals surface area contributed by atoms with Gasteiger partial charge < -0.3 is 10.8 Å². The summed E-state index contributed by atoms with van der Waals surface area (Å²) in [7, 11) is 0. The summed E-state index contributed by atoms with van der Waals surface area (Å²) in [6.07, 6.45) is -0.0576. The zero-order chi connectivity index (χ0) is 17.3. The van der Waals surface area contributed by atoms with Gasteiger partial charge in [-0.05, 0) is 41.8 Å². The summed E-state index contributed by atoms with van der Waals surface area (Å²) < 4.78 is 26.6. The van der Waals surface area contributed by atoms with Crippen molar-refractivity contribution in [2.45, 2.75) is 25.1 Å². The maximum absolute atomic E-state index is 13.5. The predicted molar refractivity (Wildman–Crippen MR) is 85.1 cm³/mol. The summed E-state index contributed by atoms with van der Waals surface area (Å²) >= 11 is 0. The molecule has 0 saturated carbocycles. The van der Waals surface area contributed by atoms with E-state index in [0.29, 0.717) is 30.6 Å². The maximum Gasteiger partial charge on any atom is 0.248 e. The highest BCUT2D eigenvalue weighted by Crippen LogP contribution is 2.34. The molecular weight excluding hydrogens is 314 g/mol. The fraction of sp³-hybridized carbons (Fsp3) is 0.278. The first-order valence-electron chi connectivity index (χ1n) is 7.70. The molecule has 0 aromatic heterocycles. The summed E-state index contributed by atoms with van der Waals surface area (Å²) in [4.78, 5) is 13.1. The third-order valence-corrected chi connectivity index (χ3v) is 4.33. The van der Waals surface area contributed by atoms with Gasteiger partial charge in [-0.2, -0.15) is 0 Å². The van der Waals surface area contributed by atoms with Crippen LogP contribution in [0.4, 0.5) is 8.78 Å². The molecule has 2 atom stereocenters. The number of primary amides is 1. The molecule has 0 unspecified atom stereocenters. The van der Waals surface area contributed by atoms with Crippen molar-refractivity contribution >= 4 is 5.91 Å². The summed E-state index contributed by atoms with van der Waals surface area (Å²) in [5.74, 6) is -2.26. The summed E-state index contributed by atoms with van der Waals surface area (Å²) in [6, 6.07) is 10.5. The van der Waals surface area contributed by atoms with E-state index in [0.717, 1.165) is 11.6 Å². The molecule has 2 aromatic rings. The molecule has 1 fully saturated rings. The van der Waals surface area contributed by atoms with Crippen molar-refractivity contribution in [2.24, 2.45) is 5.73 Å². The lowest BCUT2D eigenvalue weighted by Crippen LogP contribution is -2.24. The number of carbonyl (C=O) groups is 1. The summed E-state index contributed by atoms with van der Waals surface area (Å²) in [6.45, 7) is 0.973. The highest BCUT2D eigenvalue weighted by atomic mass is 19.2. The van der Waals surface area contributed by atoms with Crippen LogP contribution in [0.15, 0.2) is 42.5 Å². The van der Waals surface area contributed by atoms with Gasteiger partial charge in [-0.25, -0.2) is 8.78 Å². The van der Waals surface area contributed by atoms with Gasteiger partial charge in [0.15, 0.2) is 11.6 Å². The van der Waals surface area contributed by atoms with Crippen molar-refractivity contribution in [3.8, 4) is 0 Å². The van der Waals surface area contributed by atoms with E-state index in [1.807, 2.05) is 4.90 Å². The Balaban J connectivity index is 1.80. The van der Waals surface area contributed by atoms with Gasteiger partial charge in [0.1, 0.15) is 0 Å². The number of rotatable bonds is 4. The molecule has 0 aliphatic carbocycles. The van der Waals surface area contributed by atoms with Crippen LogP contribution in [0.2, 0.25) is 0 Å². The van der Waals surface area contributed by atoms with E-state index < -0.39 is 23.6 Å². The van der Waals surface area contributed by atoms with Crippen molar-refractivity contribution in [3.05, 3.63) is 70.8 Å². The summed E-state index contributed by atoms with van der Waals surface area (Å²) in [5.41, 5.74) is 7.23. The highest BCUT2D eigenvalue weighted by molar-refractivity contribution is 5.92. The van der Waals surface area contributed by atoms with Crippen LogP contribution in [-0.4, -0.2) is 28.6 Å². The molecule has 3 rings (SSSR count). The first-order valence-corrected chi connectivity index (χ1v) is 7.70. The number of hydrogen-bond donors (Lipinski definition) is 2. The number of carbonyl (C=O) groups excluding carboxylic acids is 1. The number of halogens is 2. The van der Waals surface area contributed by atoms with Crippen LogP contribution in [0.25, 0.3) is 0 Å². The second kappa shape index (κ2) is 6.67. The molecule has 1 amide bonds. The Morgan fingerprint density at radius 2 is 1.88 bits per heavy atom. The van der Waals surface area contributed by atoms with Gasteiger partial charge in [-0.15, -0.1) is 0 Å². The van der Waals surface area contributed by atoms with E-state index in [2.05, 4.69) is 0 Å². The molecule has 4 nitrogen and oxygen atoms in total. The van der Waals surface area contributed by atoms with Crippen LogP contribution in [0.1, 0.15) is 33.9 Å². The average Bonchev–Trinajstić information content (AvgIpc) is 2.91. The number of aliphatic hydroxyl groups excluding tert-OH is 1. The van der Waals surface area contributed by atoms with Gasteiger partial charge in [0.2, 0.25) is 5.91 Å². The molecule has 3 N–H and O–H groups in total. The number of hydrogen-bond acceptors (Lipinski definition) is 3. The quantitative estimate of drug-likeness (QED) is 0.903. The number of nitrogens with two attached hydrogens (primary N) is 1. The SMILES string of the molecule is NC(=O)c1ccc(CN2C[C@@H](O)C[C@H]2c2ccc(F)c(F)c2)cc1. The number of amides is 1. The Morgan fingerprint density at radius 1 is 1.17 bits per heavy atom. The standard InChI is InChI=1S/C18H18F2N2O2/c19-15-6-5-13(7-16(15)20)17-8-14(23)10-22(17)9-11-1-3-12(4-2-11)18(21)24/h1-7,14,17,23H,8-10H2,(H2,21,24)/t14-,17-/m0/s1. The van der Waals surface area contributed by atoms with Crippen molar-refractivity contribution < 1.29 is 18.7 Å². The maximum atomic E-state index is 13.5. The lowest BCUT2D eigenvalue weighted by molar-refractivity contribution is 0.1000. The van der Waals surface area contributed by atoms with Crippen molar-refractivity contribution in [1.82, 2.24) is 4.90 Å². The van der Waals surface area contributed by atoms with Crippen molar-refractivity contribution in [2.75, 3.05) is 6.54 Å². The highest BCUT2D eigenvalue weighted by Gasteiger charge is 2.32. The van der Waals surface area contributed by atoms with E-state index in [4.69, 9.17) is 5.73 Å². The zero-order valence-corrected chi connectivity index (χ0v) is 13.0. The van der Waals surface area contributed by atoms with Crippen LogP contribution in [0.5, 0.6) is 0 Å². The van der Waals surface area contributed by atoms with Gasteiger partial charge in [0.05, 0.1) is 6.10 Å². The molecule has 1 aliphatic rings. The predicted octanol–water partition coefficient (Wildman–Crippen LogP) is 2.37. The van der Waals surface area contributed by atoms with Crippen molar-refractivity contribution in [1.29, 1.82) is 0 Å². The van der Waals surface area contributed by atoms with Gasteiger partial charge in [-0.3, -0.25) is 9.69 Å². The topological polar surface area (TPSA) is 66.6 Å². The third-order valence-electron chi connectivity index (χ3n) is 4.33. The monoisotopic (exact) mass is 332 g/mol. The fourth-order valence-electron chi connectivity index (χ4n) is 3.13. The number of nitrogens with zero attached hydrogens (tertiary/aromatic N) is 1. The van der Waals surface area contributed by atoms with E-state index in [1.165, 1.54) is 6.07 Å². The zero-order valence-electron chi connectivity index (χ0n) is 13.0. The molecule has 6 heteroatoms. The van der Waals surface area contributed by atoms with Crippen LogP contribution in [0.3, 0.4) is 0 Å². The first-order chi connectivity index (χ1) is 11.4. The van der Waals surface area contributed by atoms with Crippen LogP contribution in [-0.2, 0) is 6.54 Å². The third kappa shape index (κ3) is 3.44. The molecule has 0 bridgehead atoms. The fourth-order valence-corrected chi connectivity index (χ4v) is 3.13. The van der Waals surface area contributed by atoms with E-state index >= 15 is 0 Å². The van der Waals surface area contributed by atoms with Crippen molar-refractivity contribution in [3.63, 3.8) is 0 Å². The van der Waals surface area contributed by atoms with E-state index in [1.54, 1.807) is 30.3 Å². The van der Waals surface area contributed by atoms with E-state index in [9.17, 15) is 18.7 Å². The lowest BCUT2D eigenvalue weighted by atomic mass is 10.0. The Bertz CT molecular complexity index is 749. The van der Waals surface area contributed by atoms with E-state index in [-0.39, 0.29) is 6.04 Å². The number of aliphatic hydroxyl groups is 1. The minimum atomic E-state index is -0.889. The molecule has 1 aliphatic heterocycles. The largest absolute Gasteiger partial charge is 0.392 e. The second-order valence-corrected chi connectivity index (χ2v) is 6.07. The number of benzene rings is 2. The molecule has 0 spiro atoms. The smallest absolute Gasteiger partial charge is 0.248 e. The normalized spacial score (nSPS) is 21.1. The molecule has 1 heterocycles. The van der Waals surface area contributed by atoms with Crippen LogP contribution < -0.4 is 5.73 Å². The lowest BCUT2D eigenvalue weighted by Gasteiger charge is -2.24.